The molecule has 0 spiro atoms. The summed E-state index contributed by atoms with van der Waals surface area (Å²) in [6.07, 6.45) is 19.4. The number of unbranched alkanes of at least 4 members (excludes halogenated alkanes) is 10. The first-order valence-corrected chi connectivity index (χ1v) is 18.5. The van der Waals surface area contributed by atoms with E-state index in [0.29, 0.717) is 44.3 Å². The molecular weight excluding hydrogens is 692 g/mol. The maximum atomic E-state index is 12.4. The normalized spacial score (nSPS) is 9.78. The molecule has 0 fully saturated rings. The van der Waals surface area contributed by atoms with Crippen molar-refractivity contribution in [3.05, 3.63) is 105 Å². The number of hydrogen-bond donors (Lipinski definition) is 1. The van der Waals surface area contributed by atoms with E-state index in [4.69, 9.17) is 38.3 Å². The summed E-state index contributed by atoms with van der Waals surface area (Å²) in [5, 5.41) is 6.89. The van der Waals surface area contributed by atoms with Crippen molar-refractivity contribution in [2.24, 2.45) is 0 Å². The van der Waals surface area contributed by atoms with Gasteiger partial charge in [0.15, 0.2) is 0 Å². The number of hydrogen-bond acceptors (Lipinski definition) is 10. The lowest BCUT2D eigenvalue weighted by Gasteiger charge is -2.09. The maximum Gasteiger partial charge on any atom is 0.343 e. The molecule has 11 nitrogen and oxygen atoms in total. The summed E-state index contributed by atoms with van der Waals surface area (Å²) in [7, 11) is 0. The molecule has 2 aromatic carbocycles. The van der Waals surface area contributed by atoms with Crippen molar-refractivity contribution in [1.29, 1.82) is 0 Å². The van der Waals surface area contributed by atoms with Crippen LogP contribution in [-0.2, 0) is 28.6 Å². The van der Waals surface area contributed by atoms with E-state index in [2.05, 4.69) is 26.3 Å². The molecule has 2 aromatic rings. The molecule has 0 bridgehead atoms. The summed E-state index contributed by atoms with van der Waals surface area (Å²) >= 11 is 0. The first-order valence-electron chi connectivity index (χ1n) is 18.5. The Morgan fingerprint density at radius 3 is 1.39 bits per heavy atom. The van der Waals surface area contributed by atoms with Crippen molar-refractivity contribution in [1.82, 2.24) is 0 Å². The van der Waals surface area contributed by atoms with Gasteiger partial charge in [-0.3, -0.25) is 4.79 Å². The van der Waals surface area contributed by atoms with Crippen LogP contribution in [0.15, 0.2) is 99.2 Å². The lowest BCUT2D eigenvalue weighted by atomic mass is 10.1. The molecule has 1 N–H and O–H groups in total. The van der Waals surface area contributed by atoms with Gasteiger partial charge in [-0.05, 0) is 113 Å². The first-order chi connectivity index (χ1) is 26.3. The molecule has 0 aliphatic heterocycles. The van der Waals surface area contributed by atoms with Crippen molar-refractivity contribution in [2.75, 3.05) is 39.6 Å². The standard InChI is InChI=1S/C30H38O6.C12H20O3.CH2O2/c1-3-5-6-7-8-11-22-33-26-16-14-25(15-17-26)30(32)36-28-20-18-27(19-21-28)34-23-12-9-10-13-24-35-29(31)4-2;1-3-9-14-10-7-5-6-8-11-15-12(13)4-2;2-1-3/h3-4,14-21H,1-2,5-13,22-24H2;3-4H,1-2,5-11H2;1H,(H,2,3). The quantitative estimate of drug-likeness (QED) is 0.0212. The SMILES string of the molecule is C=CCCCCCCOc1ccc(C(=O)Oc2ccc(OCCCCCCOC(=O)C=C)cc2)cc1.C=CCOCCCCCCOC(=O)C=C.O=CO. The number of ether oxygens (including phenoxy) is 6. The van der Waals surface area contributed by atoms with Crippen LogP contribution in [-0.4, -0.2) is 69.1 Å². The van der Waals surface area contributed by atoms with E-state index < -0.39 is 5.97 Å². The second kappa shape index (κ2) is 36.2. The Hall–Kier alpha value is -5.16. The van der Waals surface area contributed by atoms with Crippen LogP contribution in [0, 0.1) is 0 Å². The minimum absolute atomic E-state index is 0.250. The Morgan fingerprint density at radius 1 is 0.537 bits per heavy atom. The van der Waals surface area contributed by atoms with Crippen LogP contribution in [0.25, 0.3) is 0 Å². The summed E-state index contributed by atoms with van der Waals surface area (Å²) in [4.78, 5) is 42.4. The highest BCUT2D eigenvalue weighted by atomic mass is 16.5. The van der Waals surface area contributed by atoms with E-state index in [1.165, 1.54) is 25.0 Å². The van der Waals surface area contributed by atoms with Gasteiger partial charge in [-0.25, -0.2) is 14.4 Å². The summed E-state index contributed by atoms with van der Waals surface area (Å²) in [6.45, 7) is 17.3. The van der Waals surface area contributed by atoms with Gasteiger partial charge in [0.2, 0.25) is 0 Å². The van der Waals surface area contributed by atoms with Crippen molar-refractivity contribution < 1.29 is 52.7 Å². The summed E-state index contributed by atoms with van der Waals surface area (Å²) < 4.78 is 31.9. The number of esters is 3. The summed E-state index contributed by atoms with van der Waals surface area (Å²) in [5.74, 6) is 0.776. The van der Waals surface area contributed by atoms with Crippen LogP contribution in [0.3, 0.4) is 0 Å². The molecule has 11 heteroatoms. The number of rotatable bonds is 29. The second-order valence-corrected chi connectivity index (χ2v) is 11.6. The minimum atomic E-state index is -0.420. The van der Waals surface area contributed by atoms with Crippen LogP contribution in [0.5, 0.6) is 17.2 Å². The van der Waals surface area contributed by atoms with Crippen molar-refractivity contribution in [3.63, 3.8) is 0 Å². The zero-order valence-electron chi connectivity index (χ0n) is 31.8. The Kier molecular flexibility index (Phi) is 32.7. The van der Waals surface area contributed by atoms with E-state index in [-0.39, 0.29) is 18.4 Å². The monoisotopic (exact) mass is 752 g/mol. The van der Waals surface area contributed by atoms with E-state index in [1.54, 1.807) is 54.6 Å². The second-order valence-electron chi connectivity index (χ2n) is 11.6. The maximum absolute atomic E-state index is 12.4. The van der Waals surface area contributed by atoms with Gasteiger partial charge < -0.3 is 33.5 Å². The molecule has 0 atom stereocenters. The van der Waals surface area contributed by atoms with Gasteiger partial charge in [0.25, 0.3) is 6.47 Å². The van der Waals surface area contributed by atoms with Gasteiger partial charge in [-0.15, -0.1) is 13.2 Å². The molecule has 0 aliphatic rings. The molecule has 0 unspecified atom stereocenters. The molecule has 0 aliphatic carbocycles. The van der Waals surface area contributed by atoms with Crippen LogP contribution >= 0.6 is 0 Å². The number of allylic oxidation sites excluding steroid dienone is 1. The number of carbonyl (C=O) groups excluding carboxylic acids is 3. The largest absolute Gasteiger partial charge is 0.494 e. The molecule has 2 rings (SSSR count). The molecular formula is C43H60O11. The Bertz CT molecular complexity index is 1300. The van der Waals surface area contributed by atoms with Crippen LogP contribution in [0.2, 0.25) is 0 Å². The summed E-state index contributed by atoms with van der Waals surface area (Å²) in [6, 6.07) is 14.0. The fraction of sp³-hybridized carbons (Fsp3) is 0.442. The number of carbonyl (C=O) groups is 4. The molecule has 0 amide bonds. The van der Waals surface area contributed by atoms with E-state index in [0.717, 1.165) is 88.7 Å². The molecule has 298 valence electrons. The third-order valence-electron chi connectivity index (χ3n) is 7.24. The predicted octanol–water partition coefficient (Wildman–Crippen LogP) is 9.27. The van der Waals surface area contributed by atoms with Gasteiger partial charge >= 0.3 is 17.9 Å². The van der Waals surface area contributed by atoms with Gasteiger partial charge in [0.1, 0.15) is 17.2 Å². The third-order valence-corrected chi connectivity index (χ3v) is 7.24. The highest BCUT2D eigenvalue weighted by Gasteiger charge is 2.09. The van der Waals surface area contributed by atoms with Crippen molar-refractivity contribution in [3.8, 4) is 17.2 Å². The van der Waals surface area contributed by atoms with Crippen molar-refractivity contribution >= 4 is 24.4 Å². The molecule has 54 heavy (non-hydrogen) atoms. The van der Waals surface area contributed by atoms with Gasteiger partial charge in [-0.2, -0.15) is 0 Å². The topological polar surface area (TPSA) is 144 Å². The highest BCUT2D eigenvalue weighted by molar-refractivity contribution is 5.91. The molecule has 0 radical (unpaired) electrons. The Balaban J connectivity index is 0.00000130. The average Bonchev–Trinajstić information content (AvgIpc) is 3.19. The fourth-order valence-corrected chi connectivity index (χ4v) is 4.43. The van der Waals surface area contributed by atoms with Crippen LogP contribution < -0.4 is 14.2 Å². The fourth-order valence-electron chi connectivity index (χ4n) is 4.43. The highest BCUT2D eigenvalue weighted by Crippen LogP contribution is 2.20. The van der Waals surface area contributed by atoms with Gasteiger partial charge in [0.05, 0.1) is 38.6 Å². The zero-order valence-corrected chi connectivity index (χ0v) is 31.8. The summed E-state index contributed by atoms with van der Waals surface area (Å²) in [5.41, 5.74) is 0.464. The molecule has 0 aromatic heterocycles. The smallest absolute Gasteiger partial charge is 0.343 e. The van der Waals surface area contributed by atoms with Crippen LogP contribution in [0.4, 0.5) is 0 Å². The van der Waals surface area contributed by atoms with E-state index in [9.17, 15) is 14.4 Å². The third kappa shape index (κ3) is 29.4. The number of benzene rings is 2. The lowest BCUT2D eigenvalue weighted by molar-refractivity contribution is -0.138. The molecule has 0 heterocycles. The van der Waals surface area contributed by atoms with Gasteiger partial charge in [0, 0.05) is 18.8 Å². The Morgan fingerprint density at radius 2 is 0.944 bits per heavy atom. The van der Waals surface area contributed by atoms with Crippen LogP contribution in [0.1, 0.15) is 93.8 Å². The first kappa shape index (κ1) is 48.8. The Labute approximate surface area is 321 Å². The average molecular weight is 753 g/mol. The van der Waals surface area contributed by atoms with E-state index in [1.807, 2.05) is 6.08 Å². The van der Waals surface area contributed by atoms with Crippen molar-refractivity contribution in [2.45, 2.75) is 83.5 Å². The van der Waals surface area contributed by atoms with E-state index >= 15 is 0 Å². The number of carboxylic acid groups (broad SMARTS) is 1. The minimum Gasteiger partial charge on any atom is -0.494 e. The lowest BCUT2D eigenvalue weighted by Crippen LogP contribution is -2.08. The van der Waals surface area contributed by atoms with Gasteiger partial charge in [-0.1, -0.05) is 44.6 Å². The molecule has 0 saturated heterocycles. The zero-order chi connectivity index (χ0) is 39.9. The predicted molar refractivity (Wildman–Crippen MR) is 211 cm³/mol. The molecule has 0 saturated carbocycles.